The molecule has 0 atom stereocenters. The molecule has 0 unspecified atom stereocenters. The van der Waals surface area contributed by atoms with Gasteiger partial charge < -0.3 is 10.1 Å². The van der Waals surface area contributed by atoms with Crippen LogP contribution in [0, 0.1) is 0 Å². The highest BCUT2D eigenvalue weighted by Gasteiger charge is 2.16. The monoisotopic (exact) mass is 303 g/mol. The first-order chi connectivity index (χ1) is 10.3. The summed E-state index contributed by atoms with van der Waals surface area (Å²) in [7, 11) is 0. The Morgan fingerprint density at radius 2 is 1.95 bits per heavy atom. The number of amides is 2. The third kappa shape index (κ3) is 4.58. The quantitative estimate of drug-likeness (QED) is 0.806. The van der Waals surface area contributed by atoms with Crippen molar-refractivity contribution in [1.29, 1.82) is 0 Å². The van der Waals surface area contributed by atoms with Gasteiger partial charge in [0.05, 0.1) is 11.9 Å². The van der Waals surface area contributed by atoms with Gasteiger partial charge >= 0.3 is 6.09 Å². The lowest BCUT2D eigenvalue weighted by Gasteiger charge is -2.19. The molecule has 2 rings (SSSR count). The van der Waals surface area contributed by atoms with E-state index in [1.807, 2.05) is 0 Å². The number of rotatable bonds is 3. The zero-order chi connectivity index (χ0) is 16.2. The zero-order valence-electron chi connectivity index (χ0n) is 12.5. The standard InChI is InChI=1S/C14H17N5O3/c1-14(2,3)22-13(21)18-11-5-4-9(8-15-11)17-12(20)10-6-7-16-19-10/h4-8H,1-3H3,(H,16,19)(H,17,20)(H,15,18,21). The van der Waals surface area contributed by atoms with Crippen molar-refractivity contribution in [3.05, 3.63) is 36.3 Å². The average molecular weight is 303 g/mol. The highest BCUT2D eigenvalue weighted by molar-refractivity contribution is 6.02. The van der Waals surface area contributed by atoms with E-state index >= 15 is 0 Å². The second-order valence-electron chi connectivity index (χ2n) is 5.48. The summed E-state index contributed by atoms with van der Waals surface area (Å²) in [6, 6.07) is 4.74. The van der Waals surface area contributed by atoms with Crippen LogP contribution in [0.15, 0.2) is 30.6 Å². The molecule has 2 amide bonds. The average Bonchev–Trinajstić information content (AvgIpc) is 2.92. The highest BCUT2D eigenvalue weighted by Crippen LogP contribution is 2.13. The number of aromatic amines is 1. The van der Waals surface area contributed by atoms with E-state index in [-0.39, 0.29) is 5.91 Å². The Kier molecular flexibility index (Phi) is 4.40. The van der Waals surface area contributed by atoms with E-state index in [0.29, 0.717) is 17.2 Å². The van der Waals surface area contributed by atoms with Crippen molar-refractivity contribution in [1.82, 2.24) is 15.2 Å². The predicted octanol–water partition coefficient (Wildman–Crippen LogP) is 2.40. The summed E-state index contributed by atoms with van der Waals surface area (Å²) in [6.07, 6.45) is 2.33. The third-order valence-corrected chi connectivity index (χ3v) is 2.40. The summed E-state index contributed by atoms with van der Waals surface area (Å²) in [4.78, 5) is 27.4. The van der Waals surface area contributed by atoms with Crippen molar-refractivity contribution in [3.63, 3.8) is 0 Å². The van der Waals surface area contributed by atoms with E-state index < -0.39 is 11.7 Å². The molecule has 3 N–H and O–H groups in total. The van der Waals surface area contributed by atoms with Gasteiger partial charge in [0.2, 0.25) is 0 Å². The maximum atomic E-state index is 11.8. The highest BCUT2D eigenvalue weighted by atomic mass is 16.6. The van der Waals surface area contributed by atoms with E-state index in [9.17, 15) is 9.59 Å². The number of pyridine rings is 1. The molecule has 0 saturated carbocycles. The zero-order valence-corrected chi connectivity index (χ0v) is 12.5. The van der Waals surface area contributed by atoms with Gasteiger partial charge in [0.1, 0.15) is 17.1 Å². The Morgan fingerprint density at radius 3 is 2.50 bits per heavy atom. The number of aromatic nitrogens is 3. The molecule has 0 radical (unpaired) electrons. The molecule has 8 heteroatoms. The van der Waals surface area contributed by atoms with E-state index in [2.05, 4.69) is 25.8 Å². The number of ether oxygens (including phenoxy) is 1. The smallest absolute Gasteiger partial charge is 0.413 e. The summed E-state index contributed by atoms with van der Waals surface area (Å²) in [5.41, 5.74) is 0.257. The number of nitrogens with one attached hydrogen (secondary N) is 3. The first-order valence-electron chi connectivity index (χ1n) is 6.60. The molecule has 2 heterocycles. The van der Waals surface area contributed by atoms with Gasteiger partial charge in [0.15, 0.2) is 0 Å². The molecular formula is C14H17N5O3. The topological polar surface area (TPSA) is 109 Å². The maximum Gasteiger partial charge on any atom is 0.413 e. The number of H-pyrrole nitrogens is 1. The Balaban J connectivity index is 1.93. The first-order valence-corrected chi connectivity index (χ1v) is 6.60. The molecule has 0 bridgehead atoms. The molecule has 0 saturated heterocycles. The summed E-state index contributed by atoms with van der Waals surface area (Å²) < 4.78 is 5.11. The second kappa shape index (κ2) is 6.25. The van der Waals surface area contributed by atoms with Crippen molar-refractivity contribution in [3.8, 4) is 0 Å². The number of anilines is 2. The lowest BCUT2D eigenvalue weighted by molar-refractivity contribution is 0.0635. The minimum absolute atomic E-state index is 0.327. The van der Waals surface area contributed by atoms with Crippen molar-refractivity contribution in [2.75, 3.05) is 10.6 Å². The van der Waals surface area contributed by atoms with Crippen molar-refractivity contribution < 1.29 is 14.3 Å². The van der Waals surface area contributed by atoms with E-state index in [1.165, 1.54) is 12.4 Å². The number of nitrogens with zero attached hydrogens (tertiary/aromatic N) is 2. The minimum Gasteiger partial charge on any atom is -0.444 e. The van der Waals surface area contributed by atoms with E-state index in [0.717, 1.165) is 0 Å². The van der Waals surface area contributed by atoms with Gasteiger partial charge in [0, 0.05) is 6.20 Å². The van der Waals surface area contributed by atoms with Gasteiger partial charge in [-0.1, -0.05) is 0 Å². The number of carbonyl (C=O) groups excluding carboxylic acids is 2. The Hall–Kier alpha value is -2.90. The maximum absolute atomic E-state index is 11.8. The molecule has 22 heavy (non-hydrogen) atoms. The van der Waals surface area contributed by atoms with Gasteiger partial charge in [0.25, 0.3) is 5.91 Å². The summed E-state index contributed by atoms with van der Waals surface area (Å²) in [5.74, 6) is 0.000871. The Morgan fingerprint density at radius 1 is 1.18 bits per heavy atom. The van der Waals surface area contributed by atoms with Crippen LogP contribution in [0.4, 0.5) is 16.3 Å². The van der Waals surface area contributed by atoms with Crippen molar-refractivity contribution in [2.45, 2.75) is 26.4 Å². The summed E-state index contributed by atoms with van der Waals surface area (Å²) >= 11 is 0. The first kappa shape index (κ1) is 15.5. The number of hydrogen-bond acceptors (Lipinski definition) is 5. The molecule has 0 aliphatic carbocycles. The van der Waals surface area contributed by atoms with Crippen LogP contribution in [-0.4, -0.2) is 32.8 Å². The normalized spacial score (nSPS) is 10.9. The van der Waals surface area contributed by atoms with Crippen LogP contribution < -0.4 is 10.6 Å². The van der Waals surface area contributed by atoms with Gasteiger partial charge in [-0.2, -0.15) is 5.10 Å². The van der Waals surface area contributed by atoms with Crippen LogP contribution >= 0.6 is 0 Å². The van der Waals surface area contributed by atoms with Crippen LogP contribution in [0.3, 0.4) is 0 Å². The number of hydrogen-bond donors (Lipinski definition) is 3. The molecule has 116 valence electrons. The number of carbonyl (C=O) groups is 2. The van der Waals surface area contributed by atoms with Gasteiger partial charge in [-0.25, -0.2) is 9.78 Å². The fourth-order valence-electron chi connectivity index (χ4n) is 1.53. The molecule has 0 spiro atoms. The van der Waals surface area contributed by atoms with Crippen LogP contribution in [-0.2, 0) is 4.74 Å². The third-order valence-electron chi connectivity index (χ3n) is 2.40. The van der Waals surface area contributed by atoms with Gasteiger partial charge in [-0.05, 0) is 39.0 Å². The molecule has 0 aliphatic rings. The van der Waals surface area contributed by atoms with E-state index in [1.54, 1.807) is 39.0 Å². The molecule has 2 aromatic rings. The van der Waals surface area contributed by atoms with Crippen LogP contribution in [0.5, 0.6) is 0 Å². The van der Waals surface area contributed by atoms with Crippen molar-refractivity contribution >= 4 is 23.5 Å². The summed E-state index contributed by atoms with van der Waals surface area (Å²) in [5, 5.41) is 11.4. The molecule has 0 fully saturated rings. The van der Waals surface area contributed by atoms with E-state index in [4.69, 9.17) is 4.74 Å². The molecule has 0 aromatic carbocycles. The Labute approximate surface area is 127 Å². The van der Waals surface area contributed by atoms with Gasteiger partial charge in [-0.15, -0.1) is 0 Å². The molecule has 8 nitrogen and oxygen atoms in total. The SMILES string of the molecule is CC(C)(C)OC(=O)Nc1ccc(NC(=O)c2ccn[nH]2)cn1. The largest absolute Gasteiger partial charge is 0.444 e. The predicted molar refractivity (Wildman–Crippen MR) is 80.6 cm³/mol. The van der Waals surface area contributed by atoms with Crippen molar-refractivity contribution in [2.24, 2.45) is 0 Å². The fraction of sp³-hybridized carbons (Fsp3) is 0.286. The molecular weight excluding hydrogens is 286 g/mol. The molecule has 2 aromatic heterocycles. The minimum atomic E-state index is -0.589. The van der Waals surface area contributed by atoms with Crippen LogP contribution in [0.2, 0.25) is 0 Å². The lowest BCUT2D eigenvalue weighted by atomic mass is 10.2. The van der Waals surface area contributed by atoms with Crippen LogP contribution in [0.1, 0.15) is 31.3 Å². The van der Waals surface area contributed by atoms with Gasteiger partial charge in [-0.3, -0.25) is 15.2 Å². The fourth-order valence-corrected chi connectivity index (χ4v) is 1.53. The molecule has 0 aliphatic heterocycles. The Bertz CT molecular complexity index is 644. The summed E-state index contributed by atoms with van der Waals surface area (Å²) in [6.45, 7) is 5.32. The van der Waals surface area contributed by atoms with Crippen LogP contribution in [0.25, 0.3) is 0 Å². The lowest BCUT2D eigenvalue weighted by Crippen LogP contribution is -2.27. The second-order valence-corrected chi connectivity index (χ2v) is 5.48.